The van der Waals surface area contributed by atoms with Crippen LogP contribution in [0.2, 0.25) is 24.2 Å². The molecular formula is C19H33NO2SSi. The van der Waals surface area contributed by atoms with Gasteiger partial charge in [0.05, 0.1) is 13.0 Å². The number of sulfonamides is 1. The number of hydrogen-bond donors (Lipinski definition) is 0. The van der Waals surface area contributed by atoms with Crippen LogP contribution in [0.5, 0.6) is 0 Å². The first kappa shape index (κ1) is 19.7. The largest absolute Gasteiger partial charge is 0.243 e. The van der Waals surface area contributed by atoms with Crippen molar-refractivity contribution in [2.24, 2.45) is 11.8 Å². The highest BCUT2D eigenvalue weighted by Crippen LogP contribution is 2.43. The second-order valence-electron chi connectivity index (χ2n) is 9.21. The maximum Gasteiger partial charge on any atom is 0.243 e. The predicted molar refractivity (Wildman–Crippen MR) is 105 cm³/mol. The Balaban J connectivity index is 2.17. The smallest absolute Gasteiger partial charge is 0.207 e. The fourth-order valence-corrected chi connectivity index (χ4v) is 7.32. The van der Waals surface area contributed by atoms with Crippen LogP contribution < -0.4 is 0 Å². The van der Waals surface area contributed by atoms with Crippen LogP contribution in [-0.2, 0) is 10.0 Å². The highest BCUT2D eigenvalue weighted by molar-refractivity contribution is 7.89. The monoisotopic (exact) mass is 367 g/mol. The Bertz CT molecular complexity index is 674. The van der Waals surface area contributed by atoms with Crippen molar-refractivity contribution < 1.29 is 8.42 Å². The average Bonchev–Trinajstić information content (AvgIpc) is 2.79. The standard InChI is InChI=1S/C19H33NO2SSi/c1-15-8-10-18(11-9-15)23(21,22)20-12-16(2)17(13-20)14-24(6,7)19(3,4)5/h8-11,16-17H,12-14H2,1-7H3. The Kier molecular flexibility index (Phi) is 5.39. The van der Waals surface area contributed by atoms with Crippen LogP contribution in [0.1, 0.15) is 33.3 Å². The van der Waals surface area contributed by atoms with Gasteiger partial charge in [0.2, 0.25) is 10.0 Å². The molecule has 0 bridgehead atoms. The van der Waals surface area contributed by atoms with Crippen LogP contribution in [-0.4, -0.2) is 33.9 Å². The Hall–Kier alpha value is -0.653. The quantitative estimate of drug-likeness (QED) is 0.720. The molecule has 0 saturated carbocycles. The number of rotatable bonds is 4. The minimum absolute atomic E-state index is 0.343. The molecule has 1 aliphatic heterocycles. The van der Waals surface area contributed by atoms with Crippen LogP contribution >= 0.6 is 0 Å². The average molecular weight is 368 g/mol. The van der Waals surface area contributed by atoms with Gasteiger partial charge in [0.25, 0.3) is 0 Å². The van der Waals surface area contributed by atoms with Crippen molar-refractivity contribution >= 4 is 18.1 Å². The maximum atomic E-state index is 12.9. The molecule has 1 aliphatic rings. The molecular weight excluding hydrogens is 334 g/mol. The highest BCUT2D eigenvalue weighted by atomic mass is 32.2. The van der Waals surface area contributed by atoms with Crippen molar-refractivity contribution in [1.29, 1.82) is 0 Å². The van der Waals surface area contributed by atoms with Gasteiger partial charge in [-0.05, 0) is 35.9 Å². The van der Waals surface area contributed by atoms with E-state index >= 15 is 0 Å². The van der Waals surface area contributed by atoms with Crippen molar-refractivity contribution in [2.75, 3.05) is 13.1 Å². The predicted octanol–water partition coefficient (Wildman–Crippen LogP) is 4.76. The van der Waals surface area contributed by atoms with Gasteiger partial charge < -0.3 is 0 Å². The molecule has 0 N–H and O–H groups in total. The first-order valence-electron chi connectivity index (χ1n) is 8.91. The molecule has 0 amide bonds. The van der Waals surface area contributed by atoms with E-state index in [0.29, 0.717) is 34.9 Å². The zero-order valence-corrected chi connectivity index (χ0v) is 18.1. The summed E-state index contributed by atoms with van der Waals surface area (Å²) in [6.07, 6.45) is 0. The number of nitrogens with zero attached hydrogens (tertiary/aromatic N) is 1. The first-order valence-corrected chi connectivity index (χ1v) is 13.6. The molecule has 0 aliphatic carbocycles. The Labute approximate surface area is 149 Å². The van der Waals surface area contributed by atoms with E-state index in [1.165, 1.54) is 6.04 Å². The molecule has 0 spiro atoms. The molecule has 136 valence electrons. The number of benzene rings is 1. The lowest BCUT2D eigenvalue weighted by Crippen LogP contribution is -2.40. The molecule has 3 nitrogen and oxygen atoms in total. The lowest BCUT2D eigenvalue weighted by molar-refractivity contribution is 0.462. The summed E-state index contributed by atoms with van der Waals surface area (Å²) in [4.78, 5) is 0.424. The highest BCUT2D eigenvalue weighted by Gasteiger charge is 2.43. The van der Waals surface area contributed by atoms with E-state index in [-0.39, 0.29) is 0 Å². The van der Waals surface area contributed by atoms with Crippen molar-refractivity contribution in [2.45, 2.75) is 63.7 Å². The van der Waals surface area contributed by atoms with Gasteiger partial charge in [-0.2, -0.15) is 4.31 Å². The first-order chi connectivity index (χ1) is 10.8. The van der Waals surface area contributed by atoms with Gasteiger partial charge in [-0.25, -0.2) is 8.42 Å². The van der Waals surface area contributed by atoms with Gasteiger partial charge in [-0.15, -0.1) is 0 Å². The molecule has 2 rings (SSSR count). The summed E-state index contributed by atoms with van der Waals surface area (Å²) in [5.41, 5.74) is 1.08. The molecule has 24 heavy (non-hydrogen) atoms. The fraction of sp³-hybridized carbons (Fsp3) is 0.684. The van der Waals surface area contributed by atoms with Crippen molar-refractivity contribution in [1.82, 2.24) is 4.31 Å². The van der Waals surface area contributed by atoms with Crippen LogP contribution in [0, 0.1) is 18.8 Å². The van der Waals surface area contributed by atoms with Gasteiger partial charge >= 0.3 is 0 Å². The van der Waals surface area contributed by atoms with Crippen LogP contribution in [0.15, 0.2) is 29.2 Å². The lowest BCUT2D eigenvalue weighted by Gasteiger charge is -2.39. The summed E-state index contributed by atoms with van der Waals surface area (Å²) >= 11 is 0. The molecule has 1 aromatic carbocycles. The minimum atomic E-state index is -3.36. The molecule has 2 unspecified atom stereocenters. The number of hydrogen-bond acceptors (Lipinski definition) is 2. The van der Waals surface area contributed by atoms with Gasteiger partial charge in [-0.3, -0.25) is 0 Å². The van der Waals surface area contributed by atoms with E-state index in [9.17, 15) is 8.42 Å². The fourth-order valence-electron chi connectivity index (χ4n) is 3.27. The van der Waals surface area contributed by atoms with E-state index in [2.05, 4.69) is 40.8 Å². The third-order valence-electron chi connectivity index (χ3n) is 6.20. The summed E-state index contributed by atoms with van der Waals surface area (Å²) in [5, 5.41) is 0.343. The van der Waals surface area contributed by atoms with Crippen molar-refractivity contribution in [3.05, 3.63) is 29.8 Å². The van der Waals surface area contributed by atoms with Gasteiger partial charge in [-0.1, -0.05) is 64.5 Å². The molecule has 0 aromatic heterocycles. The second-order valence-corrected chi connectivity index (χ2v) is 16.8. The topological polar surface area (TPSA) is 37.4 Å². The van der Waals surface area contributed by atoms with Crippen LogP contribution in [0.25, 0.3) is 0 Å². The zero-order chi connectivity index (χ0) is 18.3. The van der Waals surface area contributed by atoms with Crippen molar-refractivity contribution in [3.8, 4) is 0 Å². The Morgan fingerprint density at radius 3 is 2.17 bits per heavy atom. The molecule has 2 atom stereocenters. The molecule has 1 fully saturated rings. The normalized spacial score (nSPS) is 23.6. The van der Waals surface area contributed by atoms with Crippen LogP contribution in [0.3, 0.4) is 0 Å². The molecule has 1 saturated heterocycles. The summed E-state index contributed by atoms with van der Waals surface area (Å²) in [7, 11) is -4.77. The summed E-state index contributed by atoms with van der Waals surface area (Å²) in [5.74, 6) is 0.908. The van der Waals surface area contributed by atoms with E-state index in [1.54, 1.807) is 16.4 Å². The third-order valence-corrected chi connectivity index (χ3v) is 13.6. The second kappa shape index (κ2) is 6.58. The summed E-state index contributed by atoms with van der Waals surface area (Å²) in [6.45, 7) is 17.4. The van der Waals surface area contributed by atoms with Gasteiger partial charge in [0, 0.05) is 13.1 Å². The van der Waals surface area contributed by atoms with Gasteiger partial charge in [0.1, 0.15) is 0 Å². The summed E-state index contributed by atoms with van der Waals surface area (Å²) in [6, 6.07) is 8.41. The number of aryl methyl sites for hydroxylation is 1. The Morgan fingerprint density at radius 1 is 1.12 bits per heavy atom. The van der Waals surface area contributed by atoms with E-state index in [4.69, 9.17) is 0 Å². The summed E-state index contributed by atoms with van der Waals surface area (Å²) < 4.78 is 27.6. The van der Waals surface area contributed by atoms with Crippen LogP contribution in [0.4, 0.5) is 0 Å². The van der Waals surface area contributed by atoms with Crippen molar-refractivity contribution in [3.63, 3.8) is 0 Å². The Morgan fingerprint density at radius 2 is 1.67 bits per heavy atom. The zero-order valence-electron chi connectivity index (χ0n) is 16.3. The SMILES string of the molecule is Cc1ccc(S(=O)(=O)N2CC(C)C(C[Si](C)(C)C(C)(C)C)C2)cc1. The third kappa shape index (κ3) is 3.94. The van der Waals surface area contributed by atoms with E-state index in [1.807, 2.05) is 19.1 Å². The van der Waals surface area contributed by atoms with Gasteiger partial charge in [0.15, 0.2) is 0 Å². The molecule has 1 heterocycles. The molecule has 1 aromatic rings. The minimum Gasteiger partial charge on any atom is -0.207 e. The van der Waals surface area contributed by atoms with E-state index < -0.39 is 18.1 Å². The molecule has 5 heteroatoms. The molecule has 0 radical (unpaired) electrons. The lowest BCUT2D eigenvalue weighted by atomic mass is 10.0. The maximum absolute atomic E-state index is 12.9. The van der Waals surface area contributed by atoms with E-state index in [0.717, 1.165) is 5.56 Å².